The molecular formula is C18H25NO4. The highest BCUT2D eigenvalue weighted by Gasteiger charge is 2.22. The van der Waals surface area contributed by atoms with Gasteiger partial charge in [-0.2, -0.15) is 0 Å². The molecule has 0 aromatic heterocycles. The number of hydrogen-bond acceptors (Lipinski definition) is 5. The van der Waals surface area contributed by atoms with Crippen molar-refractivity contribution in [2.24, 2.45) is 0 Å². The molecule has 5 heteroatoms. The van der Waals surface area contributed by atoms with Crippen LogP contribution in [0.3, 0.4) is 0 Å². The van der Waals surface area contributed by atoms with Crippen LogP contribution in [0.1, 0.15) is 45.1 Å². The van der Waals surface area contributed by atoms with E-state index in [0.717, 1.165) is 37.2 Å². The summed E-state index contributed by atoms with van der Waals surface area (Å²) < 4.78 is 10.3. The highest BCUT2D eigenvalue weighted by atomic mass is 16.5. The van der Waals surface area contributed by atoms with E-state index in [4.69, 9.17) is 9.47 Å². The van der Waals surface area contributed by atoms with Gasteiger partial charge >= 0.3 is 11.9 Å². The summed E-state index contributed by atoms with van der Waals surface area (Å²) in [7, 11) is 0. The average molecular weight is 319 g/mol. The maximum atomic E-state index is 11.8. The van der Waals surface area contributed by atoms with Crippen molar-refractivity contribution in [2.75, 3.05) is 24.6 Å². The van der Waals surface area contributed by atoms with Crippen molar-refractivity contribution in [3.05, 3.63) is 29.8 Å². The molecule has 23 heavy (non-hydrogen) atoms. The van der Waals surface area contributed by atoms with Gasteiger partial charge in [0.25, 0.3) is 0 Å². The summed E-state index contributed by atoms with van der Waals surface area (Å²) >= 11 is 0. The summed E-state index contributed by atoms with van der Waals surface area (Å²) in [5.41, 5.74) is 2.09. The van der Waals surface area contributed by atoms with Gasteiger partial charge in [-0.05, 0) is 31.5 Å². The number of esters is 2. The molecule has 1 unspecified atom stereocenters. The highest BCUT2D eigenvalue weighted by molar-refractivity contribution is 5.77. The molecule has 1 aliphatic rings. The molecule has 2 rings (SSSR count). The van der Waals surface area contributed by atoms with Crippen molar-refractivity contribution in [1.82, 2.24) is 0 Å². The molecule has 1 aromatic rings. The van der Waals surface area contributed by atoms with Crippen LogP contribution in [-0.2, 0) is 19.1 Å². The van der Waals surface area contributed by atoms with Crippen LogP contribution in [0.5, 0.6) is 0 Å². The number of carbonyl (C=O) groups excluding carboxylic acids is 2. The predicted molar refractivity (Wildman–Crippen MR) is 88.5 cm³/mol. The van der Waals surface area contributed by atoms with Crippen LogP contribution in [-0.4, -0.2) is 37.7 Å². The molecule has 0 radical (unpaired) electrons. The van der Waals surface area contributed by atoms with Gasteiger partial charge in [0.1, 0.15) is 6.10 Å². The molecule has 1 saturated heterocycles. The Labute approximate surface area is 137 Å². The molecule has 1 aromatic carbocycles. The van der Waals surface area contributed by atoms with Gasteiger partial charge in [-0.1, -0.05) is 12.1 Å². The Morgan fingerprint density at radius 1 is 1.22 bits per heavy atom. The SMILES string of the molecule is CCOC(=O)C(C)c1ccc(N2CCC(OC(C)=O)CC2)cc1. The number of rotatable bonds is 5. The fourth-order valence-corrected chi connectivity index (χ4v) is 2.84. The third-order valence-corrected chi connectivity index (χ3v) is 4.17. The molecule has 1 heterocycles. The van der Waals surface area contributed by atoms with Gasteiger partial charge in [0.15, 0.2) is 0 Å². The second kappa shape index (κ2) is 7.99. The van der Waals surface area contributed by atoms with Crippen LogP contribution in [0.2, 0.25) is 0 Å². The van der Waals surface area contributed by atoms with Crippen LogP contribution in [0.25, 0.3) is 0 Å². The van der Waals surface area contributed by atoms with E-state index in [1.54, 1.807) is 0 Å². The molecule has 5 nitrogen and oxygen atoms in total. The van der Waals surface area contributed by atoms with Gasteiger partial charge in [-0.25, -0.2) is 0 Å². The van der Waals surface area contributed by atoms with Gasteiger partial charge in [0.05, 0.1) is 12.5 Å². The Balaban J connectivity index is 1.93. The molecule has 0 saturated carbocycles. The number of piperidine rings is 1. The molecule has 0 bridgehead atoms. The van der Waals surface area contributed by atoms with Crippen LogP contribution in [0.4, 0.5) is 5.69 Å². The first-order valence-electron chi connectivity index (χ1n) is 8.20. The minimum Gasteiger partial charge on any atom is -0.466 e. The van der Waals surface area contributed by atoms with Gasteiger partial charge in [-0.15, -0.1) is 0 Å². The Hall–Kier alpha value is -2.04. The van der Waals surface area contributed by atoms with Gasteiger partial charge in [-0.3, -0.25) is 9.59 Å². The largest absolute Gasteiger partial charge is 0.466 e. The van der Waals surface area contributed by atoms with Crippen LogP contribution >= 0.6 is 0 Å². The van der Waals surface area contributed by atoms with E-state index in [1.807, 2.05) is 38.1 Å². The smallest absolute Gasteiger partial charge is 0.313 e. The molecule has 0 aliphatic carbocycles. The zero-order chi connectivity index (χ0) is 16.8. The molecule has 0 amide bonds. The summed E-state index contributed by atoms with van der Waals surface area (Å²) in [5, 5.41) is 0. The molecular weight excluding hydrogens is 294 g/mol. The highest BCUT2D eigenvalue weighted by Crippen LogP contribution is 2.24. The normalized spacial score (nSPS) is 16.7. The molecule has 126 valence electrons. The van der Waals surface area contributed by atoms with Crippen molar-refractivity contribution in [1.29, 1.82) is 0 Å². The summed E-state index contributed by atoms with van der Waals surface area (Å²) in [6, 6.07) is 8.04. The van der Waals surface area contributed by atoms with Gasteiger partial charge < -0.3 is 14.4 Å². The van der Waals surface area contributed by atoms with E-state index in [2.05, 4.69) is 4.90 Å². The van der Waals surface area contributed by atoms with Crippen LogP contribution < -0.4 is 4.90 Å². The zero-order valence-corrected chi connectivity index (χ0v) is 14.1. The summed E-state index contributed by atoms with van der Waals surface area (Å²) in [5.74, 6) is -0.651. The minimum absolute atomic E-state index is 0.0341. The Morgan fingerprint density at radius 3 is 2.35 bits per heavy atom. The number of hydrogen-bond donors (Lipinski definition) is 0. The summed E-state index contributed by atoms with van der Waals surface area (Å²) in [6.07, 6.45) is 1.73. The molecule has 1 atom stereocenters. The molecule has 0 spiro atoms. The van der Waals surface area contributed by atoms with Crippen LogP contribution in [0, 0.1) is 0 Å². The summed E-state index contributed by atoms with van der Waals surface area (Å²) in [6.45, 7) is 7.26. The maximum Gasteiger partial charge on any atom is 0.313 e. The van der Waals surface area contributed by atoms with Crippen molar-refractivity contribution in [3.8, 4) is 0 Å². The monoisotopic (exact) mass is 319 g/mol. The van der Waals surface area contributed by atoms with E-state index >= 15 is 0 Å². The number of ether oxygens (including phenoxy) is 2. The Kier molecular flexibility index (Phi) is 6.02. The standard InChI is InChI=1S/C18H25NO4/c1-4-22-18(21)13(2)15-5-7-16(8-6-15)19-11-9-17(10-12-19)23-14(3)20/h5-8,13,17H,4,9-12H2,1-3H3. The van der Waals surface area contributed by atoms with Crippen molar-refractivity contribution < 1.29 is 19.1 Å². The first kappa shape index (κ1) is 17.3. The van der Waals surface area contributed by atoms with E-state index in [9.17, 15) is 9.59 Å². The number of carbonyl (C=O) groups is 2. The van der Waals surface area contributed by atoms with Gasteiger partial charge in [0, 0.05) is 38.5 Å². The second-order valence-corrected chi connectivity index (χ2v) is 5.86. The average Bonchev–Trinajstić information content (AvgIpc) is 2.55. The van der Waals surface area contributed by atoms with Gasteiger partial charge in [0.2, 0.25) is 0 Å². The lowest BCUT2D eigenvalue weighted by Crippen LogP contribution is -2.37. The van der Waals surface area contributed by atoms with Crippen molar-refractivity contribution in [2.45, 2.75) is 45.6 Å². The van der Waals surface area contributed by atoms with E-state index in [1.165, 1.54) is 6.92 Å². The lowest BCUT2D eigenvalue weighted by Gasteiger charge is -2.33. The molecule has 1 aliphatic heterocycles. The van der Waals surface area contributed by atoms with Crippen molar-refractivity contribution >= 4 is 17.6 Å². The fourth-order valence-electron chi connectivity index (χ4n) is 2.84. The first-order valence-corrected chi connectivity index (χ1v) is 8.20. The van der Waals surface area contributed by atoms with E-state index in [0.29, 0.717) is 6.61 Å². The quantitative estimate of drug-likeness (QED) is 0.781. The number of anilines is 1. The topological polar surface area (TPSA) is 55.8 Å². The lowest BCUT2D eigenvalue weighted by atomic mass is 10.0. The predicted octanol–water partition coefficient (Wildman–Crippen LogP) is 2.89. The fraction of sp³-hybridized carbons (Fsp3) is 0.556. The van der Waals surface area contributed by atoms with E-state index < -0.39 is 0 Å². The van der Waals surface area contributed by atoms with Crippen LogP contribution in [0.15, 0.2) is 24.3 Å². The molecule has 0 N–H and O–H groups in total. The first-order chi connectivity index (χ1) is 11.0. The van der Waals surface area contributed by atoms with Crippen molar-refractivity contribution in [3.63, 3.8) is 0 Å². The van der Waals surface area contributed by atoms with E-state index in [-0.39, 0.29) is 24.0 Å². The number of nitrogens with zero attached hydrogens (tertiary/aromatic N) is 1. The number of benzene rings is 1. The lowest BCUT2D eigenvalue weighted by molar-refractivity contribution is -0.147. The Bertz CT molecular complexity index is 532. The summed E-state index contributed by atoms with van der Waals surface area (Å²) in [4.78, 5) is 25.0. The molecule has 1 fully saturated rings. The third kappa shape index (κ3) is 4.71. The minimum atomic E-state index is -0.251. The third-order valence-electron chi connectivity index (χ3n) is 4.17. The maximum absolute atomic E-state index is 11.8. The zero-order valence-electron chi connectivity index (χ0n) is 14.1. The Morgan fingerprint density at radius 2 is 1.83 bits per heavy atom. The second-order valence-electron chi connectivity index (χ2n) is 5.86.